The van der Waals surface area contributed by atoms with Gasteiger partial charge in [-0.05, 0) is 12.5 Å². The molecule has 0 saturated carbocycles. The van der Waals surface area contributed by atoms with Gasteiger partial charge in [-0.15, -0.1) is 0 Å². The number of hydrogen-bond donors (Lipinski definition) is 2. The van der Waals surface area contributed by atoms with Crippen molar-refractivity contribution in [3.05, 3.63) is 42.0 Å². The Kier molecular flexibility index (Phi) is 3.98. The molecule has 2 N–H and O–H groups in total. The molecule has 2 aliphatic rings. The van der Waals surface area contributed by atoms with Gasteiger partial charge >= 0.3 is 12.1 Å². The molecule has 0 spiro atoms. The van der Waals surface area contributed by atoms with Gasteiger partial charge in [0.15, 0.2) is 0 Å². The number of urea groups is 2. The molecule has 0 bridgehead atoms. The molecule has 4 amide bonds. The predicted molar refractivity (Wildman–Crippen MR) is 88.6 cm³/mol. The van der Waals surface area contributed by atoms with Crippen molar-refractivity contribution in [2.75, 3.05) is 14.1 Å². The van der Waals surface area contributed by atoms with Crippen LogP contribution in [0.2, 0.25) is 0 Å². The molecule has 3 rings (SSSR count). The van der Waals surface area contributed by atoms with Gasteiger partial charge in [-0.1, -0.05) is 42.5 Å². The second-order valence-corrected chi connectivity index (χ2v) is 6.19. The third kappa shape index (κ3) is 2.76. The summed E-state index contributed by atoms with van der Waals surface area (Å²) in [6, 6.07) is 9.54. The van der Waals surface area contributed by atoms with Crippen LogP contribution in [0.25, 0.3) is 6.08 Å². The van der Waals surface area contributed by atoms with Crippen LogP contribution in [0.3, 0.4) is 0 Å². The van der Waals surface area contributed by atoms with Gasteiger partial charge in [0.2, 0.25) is 0 Å². The van der Waals surface area contributed by atoms with Crippen LogP contribution in [0.1, 0.15) is 12.5 Å². The molecule has 0 aliphatic carbocycles. The van der Waals surface area contributed by atoms with E-state index in [1.165, 1.54) is 0 Å². The first kappa shape index (κ1) is 15.4. The van der Waals surface area contributed by atoms with Crippen molar-refractivity contribution in [1.82, 2.24) is 20.4 Å². The minimum absolute atomic E-state index is 0.0304. The Balaban J connectivity index is 1.91. The molecule has 2 heterocycles. The van der Waals surface area contributed by atoms with E-state index in [4.69, 9.17) is 0 Å². The second-order valence-electron chi connectivity index (χ2n) is 6.19. The molecule has 122 valence electrons. The molecule has 0 aromatic heterocycles. The number of nitrogens with zero attached hydrogens (tertiary/aromatic N) is 2. The third-order valence-electron chi connectivity index (χ3n) is 4.75. The summed E-state index contributed by atoms with van der Waals surface area (Å²) in [5.74, 6) is 0.0698. The van der Waals surface area contributed by atoms with Crippen LogP contribution in [0.15, 0.2) is 36.4 Å². The highest BCUT2D eigenvalue weighted by molar-refractivity contribution is 5.80. The molecular weight excluding hydrogens is 292 g/mol. The van der Waals surface area contributed by atoms with Gasteiger partial charge < -0.3 is 20.4 Å². The van der Waals surface area contributed by atoms with E-state index in [1.807, 2.05) is 49.4 Å². The van der Waals surface area contributed by atoms with Gasteiger partial charge in [0, 0.05) is 26.1 Å². The number of benzene rings is 1. The average molecular weight is 314 g/mol. The van der Waals surface area contributed by atoms with Crippen molar-refractivity contribution < 1.29 is 9.59 Å². The number of rotatable bonds is 2. The molecule has 1 aromatic carbocycles. The minimum Gasteiger partial charge on any atom is -0.335 e. The third-order valence-corrected chi connectivity index (χ3v) is 4.75. The fraction of sp³-hybridized carbons (Fsp3) is 0.412. The number of likely N-dealkylation sites (N-methyl/N-ethyl adjacent to an activating group) is 1. The van der Waals surface area contributed by atoms with Crippen LogP contribution >= 0.6 is 0 Å². The predicted octanol–water partition coefficient (Wildman–Crippen LogP) is 1.71. The van der Waals surface area contributed by atoms with E-state index in [2.05, 4.69) is 10.6 Å². The van der Waals surface area contributed by atoms with Gasteiger partial charge in [0.05, 0.1) is 6.04 Å². The Morgan fingerprint density at radius 3 is 2.35 bits per heavy atom. The van der Waals surface area contributed by atoms with Crippen LogP contribution < -0.4 is 10.6 Å². The fourth-order valence-corrected chi connectivity index (χ4v) is 3.38. The molecule has 2 fully saturated rings. The first-order chi connectivity index (χ1) is 11.0. The highest BCUT2D eigenvalue weighted by Gasteiger charge is 2.48. The lowest BCUT2D eigenvalue weighted by molar-refractivity contribution is 0.0407. The highest BCUT2D eigenvalue weighted by Crippen LogP contribution is 2.29. The normalized spacial score (nSPS) is 30.9. The molecule has 2 saturated heterocycles. The first-order valence-electron chi connectivity index (χ1n) is 7.79. The minimum atomic E-state index is -0.298. The summed E-state index contributed by atoms with van der Waals surface area (Å²) in [5.41, 5.74) is 1.09. The van der Waals surface area contributed by atoms with E-state index in [0.717, 1.165) is 5.56 Å². The van der Waals surface area contributed by atoms with Crippen LogP contribution in [0, 0.1) is 5.92 Å². The molecule has 0 radical (unpaired) electrons. The molecule has 6 heteroatoms. The lowest BCUT2D eigenvalue weighted by atomic mass is 9.84. The standard InChI is InChI=1S/C17H22N4O2/c1-11-14-13(10-9-12-7-5-4-6-8-12)20(2)17(23)19-15(14)21(3)16(22)18-11/h4-11,13-15H,1-3H3,(H,18,22)(H,19,23)/b10-9+/t11-,13+,14+,15+/m1/s1. The highest BCUT2D eigenvalue weighted by atomic mass is 16.2. The van der Waals surface area contributed by atoms with Crippen LogP contribution in [0.5, 0.6) is 0 Å². The van der Waals surface area contributed by atoms with Crippen LogP contribution in [0.4, 0.5) is 9.59 Å². The molecule has 0 unspecified atom stereocenters. The summed E-state index contributed by atoms with van der Waals surface area (Å²) in [4.78, 5) is 27.5. The van der Waals surface area contributed by atoms with Crippen molar-refractivity contribution >= 4 is 18.1 Å². The Labute approximate surface area is 136 Å². The van der Waals surface area contributed by atoms with Crippen molar-refractivity contribution in [2.45, 2.75) is 25.2 Å². The van der Waals surface area contributed by atoms with E-state index in [9.17, 15) is 9.59 Å². The average Bonchev–Trinajstić information content (AvgIpc) is 2.54. The Morgan fingerprint density at radius 2 is 1.65 bits per heavy atom. The number of carbonyl (C=O) groups excluding carboxylic acids is 2. The largest absolute Gasteiger partial charge is 0.335 e. The van der Waals surface area contributed by atoms with E-state index in [0.29, 0.717) is 0 Å². The lowest BCUT2D eigenvalue weighted by Gasteiger charge is -2.51. The van der Waals surface area contributed by atoms with Gasteiger partial charge in [0.25, 0.3) is 0 Å². The van der Waals surface area contributed by atoms with Crippen molar-refractivity contribution in [3.63, 3.8) is 0 Å². The zero-order chi connectivity index (χ0) is 16.6. The number of hydrogen-bond acceptors (Lipinski definition) is 2. The van der Waals surface area contributed by atoms with Crippen molar-refractivity contribution in [1.29, 1.82) is 0 Å². The number of nitrogens with one attached hydrogen (secondary N) is 2. The summed E-state index contributed by atoms with van der Waals surface area (Å²) in [6.45, 7) is 1.98. The van der Waals surface area contributed by atoms with E-state index < -0.39 is 0 Å². The zero-order valence-electron chi connectivity index (χ0n) is 13.6. The maximum absolute atomic E-state index is 12.3. The van der Waals surface area contributed by atoms with Crippen LogP contribution in [-0.2, 0) is 0 Å². The molecule has 1 aromatic rings. The number of fused-ring (bicyclic) bond motifs is 1. The second kappa shape index (κ2) is 5.95. The Hall–Kier alpha value is -2.50. The lowest BCUT2D eigenvalue weighted by Crippen LogP contribution is -2.73. The van der Waals surface area contributed by atoms with Crippen molar-refractivity contribution in [2.24, 2.45) is 5.92 Å². The fourth-order valence-electron chi connectivity index (χ4n) is 3.38. The monoisotopic (exact) mass is 314 g/mol. The summed E-state index contributed by atoms with van der Waals surface area (Å²) in [7, 11) is 3.50. The molecule has 6 nitrogen and oxygen atoms in total. The van der Waals surface area contributed by atoms with E-state index >= 15 is 0 Å². The number of carbonyl (C=O) groups is 2. The number of amides is 4. The van der Waals surface area contributed by atoms with E-state index in [-0.39, 0.29) is 36.2 Å². The smallest absolute Gasteiger partial charge is 0.319 e. The zero-order valence-corrected chi connectivity index (χ0v) is 13.6. The van der Waals surface area contributed by atoms with Crippen LogP contribution in [-0.4, -0.2) is 54.2 Å². The van der Waals surface area contributed by atoms with Crippen molar-refractivity contribution in [3.8, 4) is 0 Å². The summed E-state index contributed by atoms with van der Waals surface area (Å²) in [5, 5.41) is 5.89. The SMILES string of the molecule is C[C@H]1NC(=O)N(C)[C@@H]2NC(=O)N(C)[C@@H](/C=C/c3ccccc3)[C@@H]21. The molecule has 23 heavy (non-hydrogen) atoms. The Bertz CT molecular complexity index is 631. The summed E-state index contributed by atoms with van der Waals surface area (Å²) < 4.78 is 0. The summed E-state index contributed by atoms with van der Waals surface area (Å²) >= 11 is 0. The summed E-state index contributed by atoms with van der Waals surface area (Å²) in [6.07, 6.45) is 3.78. The van der Waals surface area contributed by atoms with Gasteiger partial charge in [0.1, 0.15) is 6.17 Å². The maximum atomic E-state index is 12.3. The molecular formula is C17H22N4O2. The van der Waals surface area contributed by atoms with E-state index in [1.54, 1.807) is 23.9 Å². The Morgan fingerprint density at radius 1 is 1.00 bits per heavy atom. The van der Waals surface area contributed by atoms with Gasteiger partial charge in [-0.25, -0.2) is 9.59 Å². The topological polar surface area (TPSA) is 64.7 Å². The van der Waals surface area contributed by atoms with Gasteiger partial charge in [-0.3, -0.25) is 0 Å². The van der Waals surface area contributed by atoms with Gasteiger partial charge in [-0.2, -0.15) is 0 Å². The quantitative estimate of drug-likeness (QED) is 0.873. The maximum Gasteiger partial charge on any atom is 0.319 e. The first-order valence-corrected chi connectivity index (χ1v) is 7.79. The molecule has 4 atom stereocenters. The molecule has 2 aliphatic heterocycles.